The first-order valence-electron chi connectivity index (χ1n) is 13.3. The van der Waals surface area contributed by atoms with E-state index < -0.39 is 29.6 Å². The lowest BCUT2D eigenvalue weighted by molar-refractivity contribution is -0.151. The molecule has 1 fully saturated rings. The van der Waals surface area contributed by atoms with Crippen LogP contribution in [-0.4, -0.2) is 58.6 Å². The topological polar surface area (TPSA) is 93.7 Å². The van der Waals surface area contributed by atoms with Gasteiger partial charge in [0.2, 0.25) is 11.8 Å². The highest BCUT2D eigenvalue weighted by molar-refractivity contribution is 7.13. The van der Waals surface area contributed by atoms with Crippen LogP contribution < -0.4 is 10.1 Å². The average Bonchev–Trinajstić information content (AvgIpc) is 3.53. The third-order valence-electron chi connectivity index (χ3n) is 7.57. The molecule has 2 aromatic heterocycles. The Labute approximate surface area is 233 Å². The largest absolute Gasteiger partial charge is 0.472 e. The first-order chi connectivity index (χ1) is 18.5. The smallest absolute Gasteiger partial charge is 0.328 e. The lowest BCUT2D eigenvalue weighted by Crippen LogP contribution is -2.52. The number of hydrogen-bond acceptors (Lipinski definition) is 8. The van der Waals surface area contributed by atoms with E-state index in [1.807, 2.05) is 26.8 Å². The Bertz CT molecular complexity index is 1420. The number of methoxy groups -OCH3 is 1. The monoisotopic (exact) mass is 548 g/mol. The molecule has 0 unspecified atom stereocenters. The van der Waals surface area contributed by atoms with Gasteiger partial charge in [0.25, 0.3) is 0 Å². The molecule has 0 aliphatic carbocycles. The second-order valence-corrected chi connectivity index (χ2v) is 12.9. The number of amides is 1. The number of anilines is 1. The average molecular weight is 549 g/mol. The molecule has 206 valence electrons. The molecule has 8 nitrogen and oxygen atoms in total. The SMILES string of the molecule is COC(=O)[C@@H]1C[C@@H]2CN1C(=O)[C@H](C(C)(C)C)Nc1nc(cs1)C(C)(C)C/C=C/c1ccc3ccnc(c3c1)O2. The predicted molar refractivity (Wildman–Crippen MR) is 154 cm³/mol. The molecule has 3 aromatic rings. The quantitative estimate of drug-likeness (QED) is 0.405. The van der Waals surface area contributed by atoms with Crippen LogP contribution in [0.4, 0.5) is 5.13 Å². The number of nitrogens with zero attached hydrogens (tertiary/aromatic N) is 3. The standard InChI is InChI=1S/C30H36N4O4S/c1-29(2,3)24-26(35)34-16-20(15-22(34)27(36)37-6)38-25-21-14-18(9-10-19(21)11-13-31-25)8-7-12-30(4,5)23-17-39-28(32-23)33-24/h7-11,13-14,17,20,22,24H,12,15-16H2,1-6H3,(H,32,33)/b8-7+/t20-,22+,24-/m1/s1. The lowest BCUT2D eigenvalue weighted by Gasteiger charge is -2.35. The molecule has 39 heavy (non-hydrogen) atoms. The van der Waals surface area contributed by atoms with Gasteiger partial charge in [0, 0.05) is 28.8 Å². The minimum absolute atomic E-state index is 0.183. The summed E-state index contributed by atoms with van der Waals surface area (Å²) in [6, 6.07) is 6.80. The Kier molecular flexibility index (Phi) is 7.13. The van der Waals surface area contributed by atoms with E-state index in [-0.39, 0.29) is 17.9 Å². The maximum absolute atomic E-state index is 14.1. The Morgan fingerprint density at radius 1 is 1.26 bits per heavy atom. The Morgan fingerprint density at radius 2 is 2.05 bits per heavy atom. The molecule has 1 N–H and O–H groups in total. The normalized spacial score (nSPS) is 24.0. The van der Waals surface area contributed by atoms with E-state index in [4.69, 9.17) is 14.5 Å². The van der Waals surface area contributed by atoms with Gasteiger partial charge in [-0.25, -0.2) is 14.8 Å². The van der Waals surface area contributed by atoms with E-state index in [1.165, 1.54) is 18.4 Å². The van der Waals surface area contributed by atoms with Crippen molar-refractivity contribution in [3.05, 3.63) is 53.2 Å². The molecule has 5 rings (SSSR count). The Hall–Kier alpha value is -3.46. The molecule has 2 aliphatic rings. The van der Waals surface area contributed by atoms with Crippen molar-refractivity contribution in [1.29, 1.82) is 0 Å². The van der Waals surface area contributed by atoms with Crippen LogP contribution >= 0.6 is 11.3 Å². The molecular formula is C30H36N4O4S. The summed E-state index contributed by atoms with van der Waals surface area (Å²) >= 11 is 1.49. The number of esters is 1. The summed E-state index contributed by atoms with van der Waals surface area (Å²) in [4.78, 5) is 38.0. The van der Waals surface area contributed by atoms with Gasteiger partial charge in [0.05, 0.1) is 19.3 Å². The molecule has 0 spiro atoms. The van der Waals surface area contributed by atoms with Gasteiger partial charge in [-0.3, -0.25) is 4.79 Å². The van der Waals surface area contributed by atoms with Crippen molar-refractivity contribution in [2.45, 2.75) is 71.1 Å². The van der Waals surface area contributed by atoms with Gasteiger partial charge < -0.3 is 19.7 Å². The van der Waals surface area contributed by atoms with Crippen LogP contribution in [-0.2, 0) is 19.7 Å². The van der Waals surface area contributed by atoms with Crippen LogP contribution in [0.1, 0.15) is 58.7 Å². The number of carbonyl (C=O) groups excluding carboxylic acids is 2. The zero-order valence-corrected chi connectivity index (χ0v) is 24.2. The minimum atomic E-state index is -0.750. The molecule has 1 saturated heterocycles. The fourth-order valence-corrected chi connectivity index (χ4v) is 6.12. The highest BCUT2D eigenvalue weighted by Gasteiger charge is 2.46. The van der Waals surface area contributed by atoms with Gasteiger partial charge in [-0.1, -0.05) is 58.9 Å². The maximum atomic E-state index is 14.1. The van der Waals surface area contributed by atoms with Crippen molar-refractivity contribution >= 4 is 45.2 Å². The summed E-state index contributed by atoms with van der Waals surface area (Å²) in [5.74, 6) is -0.145. The molecule has 0 radical (unpaired) electrons. The first kappa shape index (κ1) is 27.1. The summed E-state index contributed by atoms with van der Waals surface area (Å²) in [5, 5.41) is 8.04. The third-order valence-corrected chi connectivity index (χ3v) is 8.34. The van der Waals surface area contributed by atoms with E-state index in [0.29, 0.717) is 17.4 Å². The van der Waals surface area contributed by atoms with Crippen molar-refractivity contribution in [3.63, 3.8) is 0 Å². The number of rotatable bonds is 1. The lowest BCUT2D eigenvalue weighted by atomic mass is 9.85. The Morgan fingerprint density at radius 3 is 2.79 bits per heavy atom. The summed E-state index contributed by atoms with van der Waals surface area (Å²) in [6.45, 7) is 10.6. The van der Waals surface area contributed by atoms with Crippen molar-refractivity contribution in [1.82, 2.24) is 14.9 Å². The van der Waals surface area contributed by atoms with Gasteiger partial charge in [0.15, 0.2) is 5.13 Å². The molecule has 3 atom stereocenters. The number of nitrogens with one attached hydrogen (secondary N) is 1. The van der Waals surface area contributed by atoms with E-state index in [0.717, 1.165) is 28.5 Å². The molecule has 0 saturated carbocycles. The number of hydrogen-bond donors (Lipinski definition) is 1. The van der Waals surface area contributed by atoms with Gasteiger partial charge >= 0.3 is 5.97 Å². The van der Waals surface area contributed by atoms with Crippen LogP contribution in [0.2, 0.25) is 0 Å². The summed E-state index contributed by atoms with van der Waals surface area (Å²) in [7, 11) is 1.35. The van der Waals surface area contributed by atoms with E-state index in [1.54, 1.807) is 11.1 Å². The van der Waals surface area contributed by atoms with Gasteiger partial charge in [-0.15, -0.1) is 11.3 Å². The Balaban J connectivity index is 1.61. The van der Waals surface area contributed by atoms with Crippen molar-refractivity contribution in [3.8, 4) is 5.88 Å². The molecule has 6 bridgehead atoms. The summed E-state index contributed by atoms with van der Waals surface area (Å²) in [6.07, 6.45) is 6.71. The van der Waals surface area contributed by atoms with Crippen LogP contribution in [0.5, 0.6) is 5.88 Å². The fraction of sp³-hybridized carbons (Fsp3) is 0.467. The van der Waals surface area contributed by atoms with Crippen molar-refractivity contribution in [2.75, 3.05) is 19.0 Å². The molecule has 1 aromatic carbocycles. The molecule has 1 amide bonds. The number of fused-ring (bicyclic) bond motifs is 5. The number of thiazole rings is 1. The second-order valence-electron chi connectivity index (χ2n) is 12.1. The zero-order valence-electron chi connectivity index (χ0n) is 23.4. The van der Waals surface area contributed by atoms with Gasteiger partial charge in [0.1, 0.15) is 18.2 Å². The van der Waals surface area contributed by atoms with Crippen LogP contribution in [0.15, 0.2) is 41.9 Å². The fourth-order valence-electron chi connectivity index (χ4n) is 5.18. The number of ether oxygens (including phenoxy) is 2. The molecule has 4 heterocycles. The summed E-state index contributed by atoms with van der Waals surface area (Å²) in [5.41, 5.74) is 1.36. The molecule has 9 heteroatoms. The van der Waals surface area contributed by atoms with Crippen molar-refractivity contribution < 1.29 is 19.1 Å². The minimum Gasteiger partial charge on any atom is -0.472 e. The highest BCUT2D eigenvalue weighted by atomic mass is 32.1. The number of carbonyl (C=O) groups is 2. The molecular weight excluding hydrogens is 512 g/mol. The van der Waals surface area contributed by atoms with Crippen LogP contribution in [0.3, 0.4) is 0 Å². The van der Waals surface area contributed by atoms with Crippen LogP contribution in [0.25, 0.3) is 16.8 Å². The second kappa shape index (κ2) is 10.3. The number of benzene rings is 1. The van der Waals surface area contributed by atoms with Crippen LogP contribution in [0, 0.1) is 5.41 Å². The first-order valence-corrected chi connectivity index (χ1v) is 14.2. The predicted octanol–water partition coefficient (Wildman–Crippen LogP) is 5.43. The highest BCUT2D eigenvalue weighted by Crippen LogP contribution is 2.35. The van der Waals surface area contributed by atoms with Gasteiger partial charge in [-0.2, -0.15) is 0 Å². The number of aromatic nitrogens is 2. The maximum Gasteiger partial charge on any atom is 0.328 e. The zero-order chi connectivity index (χ0) is 27.9. The van der Waals surface area contributed by atoms with Crippen molar-refractivity contribution in [2.24, 2.45) is 5.41 Å². The summed E-state index contributed by atoms with van der Waals surface area (Å²) < 4.78 is 11.5. The molecule has 2 aliphatic heterocycles. The number of pyridine rings is 1. The number of allylic oxidation sites excluding steroid dienone is 1. The van der Waals surface area contributed by atoms with Gasteiger partial charge in [-0.05, 0) is 34.9 Å². The van der Waals surface area contributed by atoms with E-state index >= 15 is 0 Å². The third kappa shape index (κ3) is 5.50. The van der Waals surface area contributed by atoms with E-state index in [9.17, 15) is 9.59 Å². The van der Waals surface area contributed by atoms with E-state index in [2.05, 4.69) is 59.9 Å².